The number of hydrogen-bond acceptors (Lipinski definition) is 4. The van der Waals surface area contributed by atoms with E-state index in [0.29, 0.717) is 28.6 Å². The molecular formula is C14H22ClN3O2. The smallest absolute Gasteiger partial charge is 0.255 e. The van der Waals surface area contributed by atoms with E-state index >= 15 is 0 Å². The van der Waals surface area contributed by atoms with Crippen molar-refractivity contribution in [1.82, 2.24) is 5.32 Å². The first-order valence-electron chi connectivity index (χ1n) is 6.57. The van der Waals surface area contributed by atoms with Crippen LogP contribution < -0.4 is 21.5 Å². The lowest BCUT2D eigenvalue weighted by molar-refractivity contribution is 0.0939. The Morgan fingerprint density at radius 3 is 2.50 bits per heavy atom. The summed E-state index contributed by atoms with van der Waals surface area (Å²) in [5, 5.41) is 3.14. The number of ether oxygens (including phenoxy) is 1. The topological polar surface area (TPSA) is 90.4 Å². The van der Waals surface area contributed by atoms with Crippen LogP contribution in [-0.4, -0.2) is 25.1 Å². The number of nitrogen functional groups attached to an aromatic ring is 1. The zero-order valence-corrected chi connectivity index (χ0v) is 12.9. The molecule has 1 aromatic carbocycles. The van der Waals surface area contributed by atoms with E-state index in [1.54, 1.807) is 0 Å². The number of anilines is 1. The second-order valence-electron chi connectivity index (χ2n) is 4.83. The van der Waals surface area contributed by atoms with E-state index in [9.17, 15) is 4.79 Å². The Labute approximate surface area is 124 Å². The second-order valence-corrected chi connectivity index (χ2v) is 5.23. The van der Waals surface area contributed by atoms with Crippen LogP contribution in [0.1, 0.15) is 37.0 Å². The van der Waals surface area contributed by atoms with E-state index < -0.39 is 5.54 Å². The van der Waals surface area contributed by atoms with Crippen molar-refractivity contribution in [3.05, 3.63) is 22.7 Å². The minimum absolute atomic E-state index is 0.277. The molecule has 0 saturated heterocycles. The molecule has 0 aliphatic carbocycles. The lowest BCUT2D eigenvalue weighted by Gasteiger charge is -2.27. The van der Waals surface area contributed by atoms with Crippen molar-refractivity contribution in [2.75, 3.05) is 19.4 Å². The van der Waals surface area contributed by atoms with Gasteiger partial charge in [0, 0.05) is 18.2 Å². The van der Waals surface area contributed by atoms with Crippen LogP contribution in [0.25, 0.3) is 0 Å². The zero-order chi connectivity index (χ0) is 15.3. The molecule has 0 atom stereocenters. The second kappa shape index (κ2) is 6.81. The fourth-order valence-electron chi connectivity index (χ4n) is 1.77. The average Bonchev–Trinajstić information content (AvgIpc) is 2.46. The van der Waals surface area contributed by atoms with Crippen LogP contribution in [0.15, 0.2) is 12.1 Å². The van der Waals surface area contributed by atoms with Crippen molar-refractivity contribution in [2.24, 2.45) is 5.73 Å². The van der Waals surface area contributed by atoms with Gasteiger partial charge in [0.05, 0.1) is 23.4 Å². The summed E-state index contributed by atoms with van der Waals surface area (Å²) in [6.45, 7) is 4.39. The van der Waals surface area contributed by atoms with E-state index in [0.717, 1.165) is 12.8 Å². The molecule has 0 fully saturated rings. The molecule has 20 heavy (non-hydrogen) atoms. The normalized spacial score (nSPS) is 11.2. The van der Waals surface area contributed by atoms with Gasteiger partial charge in [0.2, 0.25) is 0 Å². The summed E-state index contributed by atoms with van der Waals surface area (Å²) in [4.78, 5) is 12.2. The molecule has 0 aromatic heterocycles. The maximum absolute atomic E-state index is 12.2. The SMILES string of the molecule is CCC(N)(CC)CNC(=O)c1cc(Cl)c(N)cc1OC. The van der Waals surface area contributed by atoms with Crippen LogP contribution in [0.5, 0.6) is 5.75 Å². The summed E-state index contributed by atoms with van der Waals surface area (Å²) in [5.74, 6) is 0.112. The highest BCUT2D eigenvalue weighted by molar-refractivity contribution is 6.33. The highest BCUT2D eigenvalue weighted by atomic mass is 35.5. The van der Waals surface area contributed by atoms with Crippen LogP contribution in [0.4, 0.5) is 5.69 Å². The first-order chi connectivity index (χ1) is 9.36. The molecule has 1 rings (SSSR count). The van der Waals surface area contributed by atoms with Gasteiger partial charge in [0.25, 0.3) is 5.91 Å². The quantitative estimate of drug-likeness (QED) is 0.702. The third-order valence-corrected chi connectivity index (χ3v) is 3.90. The third kappa shape index (κ3) is 3.77. The molecule has 0 spiro atoms. The Morgan fingerprint density at radius 2 is 2.00 bits per heavy atom. The van der Waals surface area contributed by atoms with Crippen molar-refractivity contribution < 1.29 is 9.53 Å². The first-order valence-corrected chi connectivity index (χ1v) is 6.94. The number of methoxy groups -OCH3 is 1. The lowest BCUT2D eigenvalue weighted by Crippen LogP contribution is -2.49. The molecule has 0 radical (unpaired) electrons. The van der Waals surface area contributed by atoms with Gasteiger partial charge in [-0.15, -0.1) is 0 Å². The fourth-order valence-corrected chi connectivity index (χ4v) is 1.93. The fraction of sp³-hybridized carbons (Fsp3) is 0.500. The first kappa shape index (κ1) is 16.6. The van der Waals surface area contributed by atoms with Crippen LogP contribution in [-0.2, 0) is 0 Å². The van der Waals surface area contributed by atoms with E-state index in [1.165, 1.54) is 19.2 Å². The average molecular weight is 300 g/mol. The van der Waals surface area contributed by atoms with E-state index in [2.05, 4.69) is 5.32 Å². The number of nitrogens with one attached hydrogen (secondary N) is 1. The number of carbonyl (C=O) groups is 1. The number of carbonyl (C=O) groups excluding carboxylic acids is 1. The van der Waals surface area contributed by atoms with Gasteiger partial charge >= 0.3 is 0 Å². The van der Waals surface area contributed by atoms with Gasteiger partial charge in [-0.1, -0.05) is 25.4 Å². The molecule has 1 aromatic rings. The minimum Gasteiger partial charge on any atom is -0.496 e. The van der Waals surface area contributed by atoms with Gasteiger partial charge in [0.1, 0.15) is 5.75 Å². The molecule has 0 aliphatic rings. The van der Waals surface area contributed by atoms with Crippen LogP contribution >= 0.6 is 11.6 Å². The summed E-state index contributed by atoms with van der Waals surface area (Å²) in [6, 6.07) is 3.04. The van der Waals surface area contributed by atoms with Crippen molar-refractivity contribution in [3.8, 4) is 5.75 Å². The molecule has 0 heterocycles. The van der Waals surface area contributed by atoms with Crippen LogP contribution in [0.2, 0.25) is 5.02 Å². The van der Waals surface area contributed by atoms with Gasteiger partial charge in [-0.05, 0) is 18.9 Å². The molecule has 5 nitrogen and oxygen atoms in total. The predicted octanol–water partition coefficient (Wildman–Crippen LogP) is 2.18. The van der Waals surface area contributed by atoms with Crippen molar-refractivity contribution in [2.45, 2.75) is 32.2 Å². The Morgan fingerprint density at radius 1 is 1.40 bits per heavy atom. The Balaban J connectivity index is 2.90. The summed E-state index contributed by atoms with van der Waals surface area (Å²) in [5.41, 5.74) is 12.2. The number of nitrogens with two attached hydrogens (primary N) is 2. The third-order valence-electron chi connectivity index (χ3n) is 3.57. The largest absolute Gasteiger partial charge is 0.496 e. The Bertz CT molecular complexity index is 488. The lowest BCUT2D eigenvalue weighted by atomic mass is 9.94. The van der Waals surface area contributed by atoms with Gasteiger partial charge in [-0.2, -0.15) is 0 Å². The standard InChI is InChI=1S/C14H22ClN3O2/c1-4-14(17,5-2)8-18-13(19)9-6-10(15)11(16)7-12(9)20-3/h6-7H,4-5,8,16-17H2,1-3H3,(H,18,19). The molecule has 0 aliphatic heterocycles. The molecule has 0 saturated carbocycles. The van der Waals surface area contributed by atoms with E-state index in [-0.39, 0.29) is 5.91 Å². The molecular weight excluding hydrogens is 278 g/mol. The Hall–Kier alpha value is -1.46. The molecule has 112 valence electrons. The van der Waals surface area contributed by atoms with Gasteiger partial charge in [-0.25, -0.2) is 0 Å². The maximum Gasteiger partial charge on any atom is 0.255 e. The predicted molar refractivity (Wildman–Crippen MR) is 82.3 cm³/mol. The summed E-state index contributed by atoms with van der Waals surface area (Å²) >= 11 is 5.95. The van der Waals surface area contributed by atoms with Gasteiger partial charge in [0.15, 0.2) is 0 Å². The van der Waals surface area contributed by atoms with Crippen molar-refractivity contribution in [1.29, 1.82) is 0 Å². The Kier molecular flexibility index (Phi) is 5.65. The molecule has 6 heteroatoms. The number of rotatable bonds is 6. The van der Waals surface area contributed by atoms with Crippen molar-refractivity contribution >= 4 is 23.2 Å². The van der Waals surface area contributed by atoms with Gasteiger partial charge < -0.3 is 21.5 Å². The monoisotopic (exact) mass is 299 g/mol. The molecule has 0 bridgehead atoms. The van der Waals surface area contributed by atoms with E-state index in [4.69, 9.17) is 27.8 Å². The highest BCUT2D eigenvalue weighted by Crippen LogP contribution is 2.28. The van der Waals surface area contributed by atoms with Crippen molar-refractivity contribution in [3.63, 3.8) is 0 Å². The minimum atomic E-state index is -0.402. The highest BCUT2D eigenvalue weighted by Gasteiger charge is 2.22. The van der Waals surface area contributed by atoms with Crippen LogP contribution in [0.3, 0.4) is 0 Å². The summed E-state index contributed by atoms with van der Waals surface area (Å²) < 4.78 is 5.16. The number of hydrogen-bond donors (Lipinski definition) is 3. The zero-order valence-electron chi connectivity index (χ0n) is 12.1. The molecule has 5 N–H and O–H groups in total. The number of benzene rings is 1. The molecule has 0 unspecified atom stereocenters. The number of halogens is 1. The van der Waals surface area contributed by atoms with E-state index in [1.807, 2.05) is 13.8 Å². The summed E-state index contributed by atoms with van der Waals surface area (Å²) in [7, 11) is 1.48. The maximum atomic E-state index is 12.2. The van der Waals surface area contributed by atoms with Crippen LogP contribution in [0, 0.1) is 0 Å². The summed E-state index contributed by atoms with van der Waals surface area (Å²) in [6.07, 6.45) is 1.56. The molecule has 1 amide bonds. The van der Waals surface area contributed by atoms with Gasteiger partial charge in [-0.3, -0.25) is 4.79 Å². The number of amides is 1.